The van der Waals surface area contributed by atoms with E-state index in [0.29, 0.717) is 32.8 Å². The summed E-state index contributed by atoms with van der Waals surface area (Å²) in [4.78, 5) is 29.1. The van der Waals surface area contributed by atoms with Crippen LogP contribution in [0, 0.1) is 0 Å². The maximum Gasteiger partial charge on any atom is 0.240 e. The molecule has 0 radical (unpaired) electrons. The number of ether oxygens (including phenoxy) is 1. The number of para-hydroxylation sites is 1. The molecule has 26 heavy (non-hydrogen) atoms. The number of rotatable bonds is 6. The van der Waals surface area contributed by atoms with Gasteiger partial charge in [-0.3, -0.25) is 9.59 Å². The standard InChI is InChI=1S/C19H27N3O3.ClH/c1-2-25-13-12-21-11-9-20-16(19(21)24)14-18(23)22-10-5-7-15-6-3-4-8-17(15)22;/h3-4,6,8,16,20H,2,5,7,9-14H2,1H3;1H. The molecule has 2 aliphatic rings. The van der Waals surface area contributed by atoms with Crippen molar-refractivity contribution in [2.45, 2.75) is 32.2 Å². The van der Waals surface area contributed by atoms with Crippen molar-refractivity contribution < 1.29 is 14.3 Å². The van der Waals surface area contributed by atoms with Crippen LogP contribution in [0.3, 0.4) is 0 Å². The zero-order chi connectivity index (χ0) is 17.6. The molecule has 1 saturated heterocycles. The Bertz CT molecular complexity index is 626. The molecule has 1 unspecified atom stereocenters. The van der Waals surface area contributed by atoms with Crippen molar-refractivity contribution >= 4 is 29.9 Å². The van der Waals surface area contributed by atoms with Gasteiger partial charge in [-0.05, 0) is 31.4 Å². The lowest BCUT2D eigenvalue weighted by Gasteiger charge is -2.35. The van der Waals surface area contributed by atoms with Crippen LogP contribution in [0.15, 0.2) is 24.3 Å². The number of anilines is 1. The highest BCUT2D eigenvalue weighted by molar-refractivity contribution is 5.98. The second-order valence-corrected chi connectivity index (χ2v) is 6.51. The van der Waals surface area contributed by atoms with Gasteiger partial charge in [-0.2, -0.15) is 0 Å². The molecule has 1 aromatic rings. The molecule has 1 fully saturated rings. The van der Waals surface area contributed by atoms with Crippen LogP contribution in [0.4, 0.5) is 5.69 Å². The van der Waals surface area contributed by atoms with Crippen LogP contribution >= 0.6 is 12.4 Å². The van der Waals surface area contributed by atoms with Crippen molar-refractivity contribution in [1.29, 1.82) is 0 Å². The van der Waals surface area contributed by atoms with E-state index in [9.17, 15) is 9.59 Å². The van der Waals surface area contributed by atoms with Gasteiger partial charge in [0.05, 0.1) is 19.1 Å². The number of piperazine rings is 1. The number of hydrogen-bond donors (Lipinski definition) is 1. The normalized spacial score (nSPS) is 19.7. The topological polar surface area (TPSA) is 61.9 Å². The van der Waals surface area contributed by atoms with E-state index in [1.54, 1.807) is 4.90 Å². The van der Waals surface area contributed by atoms with E-state index in [1.165, 1.54) is 5.56 Å². The summed E-state index contributed by atoms with van der Waals surface area (Å²) in [7, 11) is 0. The number of amides is 2. The van der Waals surface area contributed by atoms with Gasteiger partial charge in [0.2, 0.25) is 11.8 Å². The Balaban J connectivity index is 0.00000243. The van der Waals surface area contributed by atoms with Crippen LogP contribution in [0.5, 0.6) is 0 Å². The molecule has 1 N–H and O–H groups in total. The minimum atomic E-state index is -0.433. The van der Waals surface area contributed by atoms with E-state index < -0.39 is 6.04 Å². The average Bonchev–Trinajstić information content (AvgIpc) is 2.64. The van der Waals surface area contributed by atoms with Crippen molar-refractivity contribution in [3.63, 3.8) is 0 Å². The van der Waals surface area contributed by atoms with Gasteiger partial charge in [0.25, 0.3) is 0 Å². The number of hydrogen-bond acceptors (Lipinski definition) is 4. The molecule has 7 heteroatoms. The minimum absolute atomic E-state index is 0. The molecule has 0 aromatic heterocycles. The number of halogens is 1. The second-order valence-electron chi connectivity index (χ2n) is 6.51. The highest BCUT2D eigenvalue weighted by Crippen LogP contribution is 2.27. The third-order valence-electron chi connectivity index (χ3n) is 4.88. The van der Waals surface area contributed by atoms with Crippen LogP contribution < -0.4 is 10.2 Å². The van der Waals surface area contributed by atoms with E-state index in [-0.39, 0.29) is 30.6 Å². The van der Waals surface area contributed by atoms with Gasteiger partial charge in [-0.25, -0.2) is 0 Å². The minimum Gasteiger partial charge on any atom is -0.380 e. The number of nitrogens with zero attached hydrogens (tertiary/aromatic N) is 2. The van der Waals surface area contributed by atoms with Crippen molar-refractivity contribution in [3.8, 4) is 0 Å². The maximum absolute atomic E-state index is 12.8. The number of fused-ring (bicyclic) bond motifs is 1. The number of nitrogens with one attached hydrogen (secondary N) is 1. The lowest BCUT2D eigenvalue weighted by Crippen LogP contribution is -2.57. The van der Waals surface area contributed by atoms with Crippen LogP contribution in [0.25, 0.3) is 0 Å². The highest BCUT2D eigenvalue weighted by Gasteiger charge is 2.32. The number of carbonyl (C=O) groups excluding carboxylic acids is 2. The summed E-state index contributed by atoms with van der Waals surface area (Å²) in [5, 5.41) is 3.20. The van der Waals surface area contributed by atoms with Crippen molar-refractivity contribution in [1.82, 2.24) is 10.2 Å². The number of benzene rings is 1. The fourth-order valence-electron chi connectivity index (χ4n) is 3.57. The fraction of sp³-hybridized carbons (Fsp3) is 0.579. The molecule has 0 bridgehead atoms. The van der Waals surface area contributed by atoms with E-state index in [4.69, 9.17) is 4.74 Å². The first-order valence-electron chi connectivity index (χ1n) is 9.19. The highest BCUT2D eigenvalue weighted by atomic mass is 35.5. The monoisotopic (exact) mass is 381 g/mol. The molecule has 2 heterocycles. The maximum atomic E-state index is 12.8. The molecular weight excluding hydrogens is 354 g/mol. The van der Waals surface area contributed by atoms with Gasteiger partial charge in [-0.1, -0.05) is 18.2 Å². The predicted octanol–water partition coefficient (Wildman–Crippen LogP) is 1.61. The molecule has 1 aromatic carbocycles. The molecule has 144 valence electrons. The van der Waals surface area contributed by atoms with Gasteiger partial charge < -0.3 is 19.9 Å². The first kappa shape index (κ1) is 20.7. The van der Waals surface area contributed by atoms with E-state index in [2.05, 4.69) is 11.4 Å². The molecule has 0 aliphatic carbocycles. The predicted molar refractivity (Wildman–Crippen MR) is 104 cm³/mol. The molecule has 0 spiro atoms. The molecule has 3 rings (SSSR count). The van der Waals surface area contributed by atoms with Crippen LogP contribution in [0.1, 0.15) is 25.3 Å². The zero-order valence-corrected chi connectivity index (χ0v) is 16.1. The summed E-state index contributed by atoms with van der Waals surface area (Å²) in [6.07, 6.45) is 2.18. The first-order chi connectivity index (χ1) is 12.2. The fourth-order valence-corrected chi connectivity index (χ4v) is 3.57. The largest absolute Gasteiger partial charge is 0.380 e. The lowest BCUT2D eigenvalue weighted by molar-refractivity contribution is -0.138. The van der Waals surface area contributed by atoms with Gasteiger partial charge in [-0.15, -0.1) is 12.4 Å². The molecule has 2 amide bonds. The zero-order valence-electron chi connectivity index (χ0n) is 15.3. The Morgan fingerprint density at radius 1 is 1.31 bits per heavy atom. The molecule has 6 nitrogen and oxygen atoms in total. The summed E-state index contributed by atoms with van der Waals surface area (Å²) in [6, 6.07) is 7.61. The SMILES string of the molecule is CCOCCN1CCNC(CC(=O)N2CCCc3ccccc32)C1=O.Cl. The smallest absolute Gasteiger partial charge is 0.240 e. The first-order valence-corrected chi connectivity index (χ1v) is 9.19. The number of aryl methyl sites for hydroxylation is 1. The summed E-state index contributed by atoms with van der Waals surface area (Å²) >= 11 is 0. The van der Waals surface area contributed by atoms with Gasteiger partial charge >= 0.3 is 0 Å². The van der Waals surface area contributed by atoms with Gasteiger partial charge in [0.1, 0.15) is 0 Å². The quantitative estimate of drug-likeness (QED) is 0.760. The van der Waals surface area contributed by atoms with Crippen LogP contribution in [0.2, 0.25) is 0 Å². The third kappa shape index (κ3) is 4.75. The Morgan fingerprint density at radius 2 is 2.12 bits per heavy atom. The van der Waals surface area contributed by atoms with Crippen molar-refractivity contribution in [2.24, 2.45) is 0 Å². The Hall–Kier alpha value is -1.63. The van der Waals surface area contributed by atoms with Crippen LogP contribution in [-0.2, 0) is 20.7 Å². The molecule has 0 saturated carbocycles. The molecule has 2 aliphatic heterocycles. The summed E-state index contributed by atoms with van der Waals surface area (Å²) in [5.74, 6) is 0.0225. The second kappa shape index (κ2) is 9.90. The Morgan fingerprint density at radius 3 is 2.92 bits per heavy atom. The van der Waals surface area contributed by atoms with Crippen molar-refractivity contribution in [2.75, 3.05) is 44.3 Å². The molecular formula is C19H28ClN3O3. The van der Waals surface area contributed by atoms with E-state index in [1.807, 2.05) is 30.0 Å². The summed E-state index contributed by atoms with van der Waals surface area (Å²) in [5.41, 5.74) is 2.21. The summed E-state index contributed by atoms with van der Waals surface area (Å²) < 4.78 is 5.35. The average molecular weight is 382 g/mol. The third-order valence-corrected chi connectivity index (χ3v) is 4.88. The van der Waals surface area contributed by atoms with Gasteiger partial charge in [0, 0.05) is 38.5 Å². The van der Waals surface area contributed by atoms with E-state index >= 15 is 0 Å². The molecule has 1 atom stereocenters. The van der Waals surface area contributed by atoms with Crippen LogP contribution in [-0.4, -0.2) is 62.1 Å². The van der Waals surface area contributed by atoms with E-state index in [0.717, 1.165) is 25.1 Å². The Kier molecular flexibility index (Phi) is 7.87. The Labute approximate surface area is 161 Å². The summed E-state index contributed by atoms with van der Waals surface area (Å²) in [6.45, 7) is 5.84. The van der Waals surface area contributed by atoms with Crippen molar-refractivity contribution in [3.05, 3.63) is 29.8 Å². The van der Waals surface area contributed by atoms with Gasteiger partial charge in [0.15, 0.2) is 0 Å². The lowest BCUT2D eigenvalue weighted by atomic mass is 10.0. The number of carbonyl (C=O) groups is 2.